The summed E-state index contributed by atoms with van der Waals surface area (Å²) in [6.45, 7) is 4.21. The molecule has 0 spiro atoms. The van der Waals surface area contributed by atoms with Gasteiger partial charge in [0.15, 0.2) is 0 Å². The van der Waals surface area contributed by atoms with Gasteiger partial charge in [0.2, 0.25) is 0 Å². The van der Waals surface area contributed by atoms with E-state index in [-0.39, 0.29) is 19.1 Å². The maximum atomic E-state index is 13.4. The number of nitrogens with zero attached hydrogens (tertiary/aromatic N) is 1. The van der Waals surface area contributed by atoms with E-state index in [0.29, 0.717) is 6.54 Å². The Bertz CT molecular complexity index is 421. The van der Waals surface area contributed by atoms with Crippen molar-refractivity contribution in [3.8, 4) is 0 Å². The van der Waals surface area contributed by atoms with Crippen molar-refractivity contribution in [3.63, 3.8) is 0 Å². The van der Waals surface area contributed by atoms with Gasteiger partial charge in [-0.15, -0.1) is 6.58 Å². The van der Waals surface area contributed by atoms with Gasteiger partial charge in [-0.25, -0.2) is 9.18 Å². The maximum absolute atomic E-state index is 13.4. The molecule has 2 atom stereocenters. The lowest BCUT2D eigenvalue weighted by molar-refractivity contribution is 0.102. The zero-order chi connectivity index (χ0) is 13.0. The quantitative estimate of drug-likeness (QED) is 0.771. The van der Waals surface area contributed by atoms with Gasteiger partial charge in [-0.3, -0.25) is 0 Å². The molecule has 1 aromatic carbocycles. The highest BCUT2D eigenvalue weighted by Gasteiger charge is 2.34. The second-order valence-electron chi connectivity index (χ2n) is 4.36. The molecule has 0 unspecified atom stereocenters. The second kappa shape index (κ2) is 5.67. The summed E-state index contributed by atoms with van der Waals surface area (Å²) >= 11 is 0. The number of carbonyl (C=O) groups is 1. The van der Waals surface area contributed by atoms with E-state index in [1.165, 1.54) is 4.90 Å². The largest absolute Gasteiger partial charge is 0.445 e. The minimum atomic E-state index is -1.04. The molecule has 3 nitrogen and oxygen atoms in total. The van der Waals surface area contributed by atoms with Crippen LogP contribution < -0.4 is 0 Å². The lowest BCUT2D eigenvalue weighted by atomic mass is 10.1. The zero-order valence-electron chi connectivity index (χ0n) is 10.1. The number of rotatable bonds is 3. The average Bonchev–Trinajstić information content (AvgIpc) is 2.78. The van der Waals surface area contributed by atoms with Gasteiger partial charge in [0.25, 0.3) is 0 Å². The third-order valence-corrected chi connectivity index (χ3v) is 3.06. The first-order chi connectivity index (χ1) is 8.70. The molecule has 1 amide bonds. The van der Waals surface area contributed by atoms with E-state index >= 15 is 0 Å². The Kier molecular flexibility index (Phi) is 3.97. The van der Waals surface area contributed by atoms with Crippen molar-refractivity contribution >= 4 is 6.09 Å². The molecule has 1 saturated heterocycles. The molecule has 2 rings (SSSR count). The van der Waals surface area contributed by atoms with Gasteiger partial charge in [0.1, 0.15) is 12.8 Å². The number of hydrogen-bond acceptors (Lipinski definition) is 2. The van der Waals surface area contributed by atoms with Crippen molar-refractivity contribution in [3.05, 3.63) is 48.6 Å². The number of alkyl halides is 1. The average molecular weight is 249 g/mol. The summed E-state index contributed by atoms with van der Waals surface area (Å²) in [6.07, 6.45) is 0.0485. The fourth-order valence-electron chi connectivity index (χ4n) is 1.97. The van der Waals surface area contributed by atoms with Gasteiger partial charge in [-0.1, -0.05) is 36.4 Å². The molecule has 0 bridgehead atoms. The van der Waals surface area contributed by atoms with Gasteiger partial charge >= 0.3 is 6.09 Å². The van der Waals surface area contributed by atoms with E-state index in [9.17, 15) is 9.18 Å². The van der Waals surface area contributed by atoms with Crippen LogP contribution in [0.25, 0.3) is 0 Å². The maximum Gasteiger partial charge on any atom is 0.410 e. The second-order valence-corrected chi connectivity index (χ2v) is 4.36. The van der Waals surface area contributed by atoms with Crippen molar-refractivity contribution in [2.24, 2.45) is 5.92 Å². The molecular formula is C14H16FNO2. The van der Waals surface area contributed by atoms with E-state index in [4.69, 9.17) is 4.74 Å². The Morgan fingerprint density at radius 1 is 1.44 bits per heavy atom. The van der Waals surface area contributed by atoms with Crippen LogP contribution in [0.4, 0.5) is 9.18 Å². The fourth-order valence-corrected chi connectivity index (χ4v) is 1.97. The Balaban J connectivity index is 1.84. The number of carbonyl (C=O) groups excluding carboxylic acids is 1. The summed E-state index contributed by atoms with van der Waals surface area (Å²) in [7, 11) is 0. The topological polar surface area (TPSA) is 29.5 Å². The molecule has 0 saturated carbocycles. The molecule has 0 radical (unpaired) electrons. The van der Waals surface area contributed by atoms with Crippen LogP contribution in [0.3, 0.4) is 0 Å². The van der Waals surface area contributed by atoms with Gasteiger partial charge in [0, 0.05) is 12.5 Å². The summed E-state index contributed by atoms with van der Waals surface area (Å²) in [5.74, 6) is -0.283. The molecule has 0 N–H and O–H groups in total. The Morgan fingerprint density at radius 3 is 2.78 bits per heavy atom. The van der Waals surface area contributed by atoms with Gasteiger partial charge in [-0.05, 0) is 5.56 Å². The summed E-state index contributed by atoms with van der Waals surface area (Å²) in [5, 5.41) is 0. The minimum Gasteiger partial charge on any atom is -0.445 e. The van der Waals surface area contributed by atoms with E-state index in [2.05, 4.69) is 6.58 Å². The third-order valence-electron chi connectivity index (χ3n) is 3.06. The highest BCUT2D eigenvalue weighted by molar-refractivity contribution is 5.68. The van der Waals surface area contributed by atoms with Crippen molar-refractivity contribution in [2.45, 2.75) is 12.8 Å². The SMILES string of the molecule is C=C[C@@H]1CN(C(=O)OCc2ccccc2)C[C@H]1F. The van der Waals surface area contributed by atoms with Crippen LogP contribution in [-0.4, -0.2) is 30.3 Å². The molecule has 0 aliphatic carbocycles. The van der Waals surface area contributed by atoms with Gasteiger partial charge in [0.05, 0.1) is 6.54 Å². The van der Waals surface area contributed by atoms with Crippen LogP contribution in [0, 0.1) is 5.92 Å². The molecule has 1 heterocycles. The Hall–Kier alpha value is -1.84. The van der Waals surface area contributed by atoms with Crippen molar-refractivity contribution in [1.82, 2.24) is 4.90 Å². The number of ether oxygens (including phenoxy) is 1. The van der Waals surface area contributed by atoms with Crippen molar-refractivity contribution in [1.29, 1.82) is 0 Å². The number of benzene rings is 1. The first kappa shape index (κ1) is 12.6. The Labute approximate surface area is 106 Å². The first-order valence-electron chi connectivity index (χ1n) is 5.93. The van der Waals surface area contributed by atoms with Gasteiger partial charge in [-0.2, -0.15) is 0 Å². The normalized spacial score (nSPS) is 22.8. The Morgan fingerprint density at radius 2 is 2.17 bits per heavy atom. The summed E-state index contributed by atoms with van der Waals surface area (Å²) < 4.78 is 18.6. The van der Waals surface area contributed by atoms with Gasteiger partial charge < -0.3 is 9.64 Å². The van der Waals surface area contributed by atoms with Crippen LogP contribution in [0.15, 0.2) is 43.0 Å². The summed E-state index contributed by atoms with van der Waals surface area (Å²) in [6, 6.07) is 9.41. The van der Waals surface area contributed by atoms with Crippen molar-refractivity contribution < 1.29 is 13.9 Å². The molecule has 18 heavy (non-hydrogen) atoms. The highest BCUT2D eigenvalue weighted by Crippen LogP contribution is 2.21. The van der Waals surface area contributed by atoms with E-state index < -0.39 is 12.3 Å². The predicted molar refractivity (Wildman–Crippen MR) is 66.8 cm³/mol. The lowest BCUT2D eigenvalue weighted by Crippen LogP contribution is -2.29. The van der Waals surface area contributed by atoms with E-state index in [0.717, 1.165) is 5.56 Å². The number of amides is 1. The monoisotopic (exact) mass is 249 g/mol. The molecular weight excluding hydrogens is 233 g/mol. The standard InChI is InChI=1S/C14H16FNO2/c1-2-12-8-16(9-13(12)15)14(17)18-10-11-6-4-3-5-7-11/h2-7,12-13H,1,8-10H2/t12-,13-/m1/s1. The molecule has 1 fully saturated rings. The minimum absolute atomic E-state index is 0.0876. The van der Waals surface area contributed by atoms with Crippen LogP contribution in [0.2, 0.25) is 0 Å². The van der Waals surface area contributed by atoms with Crippen molar-refractivity contribution in [2.75, 3.05) is 13.1 Å². The van der Waals surface area contributed by atoms with E-state index in [1.54, 1.807) is 6.08 Å². The number of hydrogen-bond donors (Lipinski definition) is 0. The number of halogens is 1. The summed E-state index contributed by atoms with van der Waals surface area (Å²) in [4.78, 5) is 13.1. The first-order valence-corrected chi connectivity index (χ1v) is 5.93. The smallest absolute Gasteiger partial charge is 0.410 e. The fraction of sp³-hybridized carbons (Fsp3) is 0.357. The van der Waals surface area contributed by atoms with Crippen LogP contribution in [0.1, 0.15) is 5.56 Å². The third kappa shape index (κ3) is 2.88. The van der Waals surface area contributed by atoms with Crippen LogP contribution in [0.5, 0.6) is 0 Å². The molecule has 96 valence electrons. The summed E-state index contributed by atoms with van der Waals surface area (Å²) in [5.41, 5.74) is 0.919. The highest BCUT2D eigenvalue weighted by atomic mass is 19.1. The molecule has 1 aliphatic heterocycles. The molecule has 0 aromatic heterocycles. The van der Waals surface area contributed by atoms with Crippen LogP contribution in [-0.2, 0) is 11.3 Å². The molecule has 4 heteroatoms. The predicted octanol–water partition coefficient (Wildman–Crippen LogP) is 2.78. The molecule has 1 aromatic rings. The number of likely N-dealkylation sites (tertiary alicyclic amines) is 1. The molecule has 1 aliphatic rings. The lowest BCUT2D eigenvalue weighted by Gasteiger charge is -2.15. The van der Waals surface area contributed by atoms with E-state index in [1.807, 2.05) is 30.3 Å². The van der Waals surface area contributed by atoms with Crippen LogP contribution >= 0.6 is 0 Å². The zero-order valence-corrected chi connectivity index (χ0v) is 10.1.